The molecule has 6 heteroatoms. The van der Waals surface area contributed by atoms with Gasteiger partial charge in [-0.3, -0.25) is 9.78 Å². The van der Waals surface area contributed by atoms with Crippen molar-refractivity contribution in [2.45, 2.75) is 19.4 Å². The molecule has 0 aliphatic carbocycles. The van der Waals surface area contributed by atoms with Gasteiger partial charge in [-0.15, -0.1) is 0 Å². The van der Waals surface area contributed by atoms with E-state index in [1.807, 2.05) is 54.9 Å². The van der Waals surface area contributed by atoms with Crippen LogP contribution >= 0.6 is 0 Å². The Bertz CT molecular complexity index is 1290. The number of rotatable bonds is 6. The molecule has 1 amide bonds. The summed E-state index contributed by atoms with van der Waals surface area (Å²) in [6, 6.07) is 20.2. The summed E-state index contributed by atoms with van der Waals surface area (Å²) in [6.07, 6.45) is 7.36. The van der Waals surface area contributed by atoms with Crippen molar-refractivity contribution in [3.05, 3.63) is 84.8 Å². The van der Waals surface area contributed by atoms with Crippen molar-refractivity contribution < 1.29 is 9.53 Å². The van der Waals surface area contributed by atoms with Gasteiger partial charge < -0.3 is 15.0 Å². The minimum absolute atomic E-state index is 0.0452. The molecule has 34 heavy (non-hydrogen) atoms. The van der Waals surface area contributed by atoms with Gasteiger partial charge in [0.05, 0.1) is 13.0 Å². The van der Waals surface area contributed by atoms with Crippen molar-refractivity contribution >= 4 is 22.5 Å². The van der Waals surface area contributed by atoms with Crippen molar-refractivity contribution in [2.75, 3.05) is 25.1 Å². The molecule has 1 aliphatic heterocycles. The number of pyridine rings is 2. The molecular formula is C28H28N4O2. The minimum Gasteiger partial charge on any atom is -0.497 e. The molecule has 3 heterocycles. The number of ether oxygens (including phenoxy) is 1. The van der Waals surface area contributed by atoms with Crippen LogP contribution in [0, 0.1) is 5.92 Å². The van der Waals surface area contributed by atoms with E-state index in [9.17, 15) is 4.79 Å². The predicted octanol–water partition coefficient (Wildman–Crippen LogP) is 4.84. The highest BCUT2D eigenvalue weighted by atomic mass is 16.5. The van der Waals surface area contributed by atoms with Gasteiger partial charge in [0, 0.05) is 43.6 Å². The van der Waals surface area contributed by atoms with Crippen LogP contribution in [0.15, 0.2) is 79.3 Å². The van der Waals surface area contributed by atoms with E-state index >= 15 is 0 Å². The quantitative estimate of drug-likeness (QED) is 0.454. The number of anilines is 1. The minimum atomic E-state index is -0.0452. The van der Waals surface area contributed by atoms with Gasteiger partial charge in [-0.25, -0.2) is 4.98 Å². The summed E-state index contributed by atoms with van der Waals surface area (Å²) in [5.41, 5.74) is 3.26. The molecule has 4 aromatic rings. The standard InChI is InChI=1S/C28H28N4O2/c1-34-23-8-4-6-20(16-23)24-11-10-21(26-18-29-14-12-25(24)26)17-31-28(33)22-7-5-15-32(19-22)27-9-2-3-13-30-27/h2-4,6,8-14,16,18,22H,5,7,15,17,19H2,1H3,(H,31,33). The van der Waals surface area contributed by atoms with Crippen LogP contribution in [-0.2, 0) is 11.3 Å². The summed E-state index contributed by atoms with van der Waals surface area (Å²) in [5, 5.41) is 5.33. The average molecular weight is 453 g/mol. The Morgan fingerprint density at radius 2 is 2.03 bits per heavy atom. The van der Waals surface area contributed by atoms with Gasteiger partial charge in [-0.2, -0.15) is 0 Å². The molecule has 1 unspecified atom stereocenters. The smallest absolute Gasteiger partial charge is 0.225 e. The molecule has 2 aromatic carbocycles. The number of nitrogens with zero attached hydrogens (tertiary/aromatic N) is 3. The first-order chi connectivity index (χ1) is 16.7. The highest BCUT2D eigenvalue weighted by Crippen LogP contribution is 2.32. The number of hydrogen-bond acceptors (Lipinski definition) is 5. The van der Waals surface area contributed by atoms with E-state index in [0.29, 0.717) is 13.1 Å². The molecular weight excluding hydrogens is 424 g/mol. The Balaban J connectivity index is 1.33. The second-order valence-corrected chi connectivity index (χ2v) is 8.62. The number of nitrogens with one attached hydrogen (secondary N) is 1. The molecule has 1 fully saturated rings. The highest BCUT2D eigenvalue weighted by molar-refractivity contribution is 5.98. The molecule has 0 radical (unpaired) electrons. The molecule has 0 bridgehead atoms. The maximum absolute atomic E-state index is 13.1. The maximum Gasteiger partial charge on any atom is 0.225 e. The molecule has 1 N–H and O–H groups in total. The number of fused-ring (bicyclic) bond motifs is 1. The van der Waals surface area contributed by atoms with Crippen molar-refractivity contribution in [3.63, 3.8) is 0 Å². The first kappa shape index (κ1) is 21.9. The number of carbonyl (C=O) groups excluding carboxylic acids is 1. The molecule has 0 spiro atoms. The Kier molecular flexibility index (Phi) is 6.38. The van der Waals surface area contributed by atoms with E-state index in [1.165, 1.54) is 0 Å². The summed E-state index contributed by atoms with van der Waals surface area (Å²) in [5.74, 6) is 1.80. The lowest BCUT2D eigenvalue weighted by atomic mass is 9.95. The molecule has 1 saturated heterocycles. The second-order valence-electron chi connectivity index (χ2n) is 8.62. The maximum atomic E-state index is 13.1. The lowest BCUT2D eigenvalue weighted by Crippen LogP contribution is -2.43. The third-order valence-corrected chi connectivity index (χ3v) is 6.51. The predicted molar refractivity (Wildman–Crippen MR) is 135 cm³/mol. The lowest BCUT2D eigenvalue weighted by molar-refractivity contribution is -0.125. The van der Waals surface area contributed by atoms with Crippen LogP contribution in [-0.4, -0.2) is 36.1 Å². The van der Waals surface area contributed by atoms with E-state index in [0.717, 1.165) is 58.4 Å². The van der Waals surface area contributed by atoms with Crippen LogP contribution in [0.5, 0.6) is 5.75 Å². The third-order valence-electron chi connectivity index (χ3n) is 6.51. The highest BCUT2D eigenvalue weighted by Gasteiger charge is 2.26. The van der Waals surface area contributed by atoms with Gasteiger partial charge in [-0.05, 0) is 65.3 Å². The number of carbonyl (C=O) groups is 1. The topological polar surface area (TPSA) is 67.3 Å². The van der Waals surface area contributed by atoms with Crippen molar-refractivity contribution in [2.24, 2.45) is 5.92 Å². The molecule has 172 valence electrons. The first-order valence-corrected chi connectivity index (χ1v) is 11.7. The molecule has 6 nitrogen and oxygen atoms in total. The Labute approximate surface area is 199 Å². The lowest BCUT2D eigenvalue weighted by Gasteiger charge is -2.32. The molecule has 1 atom stereocenters. The summed E-state index contributed by atoms with van der Waals surface area (Å²) in [6.45, 7) is 2.10. The number of benzene rings is 2. The van der Waals surface area contributed by atoms with Gasteiger partial charge in [0.15, 0.2) is 0 Å². The van der Waals surface area contributed by atoms with E-state index in [-0.39, 0.29) is 11.8 Å². The van der Waals surface area contributed by atoms with Gasteiger partial charge in [-0.1, -0.05) is 30.3 Å². The van der Waals surface area contributed by atoms with E-state index in [2.05, 4.69) is 38.4 Å². The van der Waals surface area contributed by atoms with E-state index in [1.54, 1.807) is 13.3 Å². The van der Waals surface area contributed by atoms with Crippen LogP contribution < -0.4 is 15.0 Å². The SMILES string of the molecule is COc1cccc(-c2ccc(CNC(=O)C3CCCN(c4ccccn4)C3)c3cnccc23)c1. The second kappa shape index (κ2) is 9.91. The van der Waals surface area contributed by atoms with Crippen LogP contribution in [0.25, 0.3) is 21.9 Å². The normalized spacial score (nSPS) is 15.8. The van der Waals surface area contributed by atoms with E-state index in [4.69, 9.17) is 4.74 Å². The summed E-state index contributed by atoms with van der Waals surface area (Å²) in [7, 11) is 1.68. The van der Waals surface area contributed by atoms with Crippen molar-refractivity contribution in [3.8, 4) is 16.9 Å². The van der Waals surface area contributed by atoms with Crippen molar-refractivity contribution in [1.82, 2.24) is 15.3 Å². The van der Waals surface area contributed by atoms with Crippen LogP contribution in [0.3, 0.4) is 0 Å². The molecule has 5 rings (SSSR count). The fourth-order valence-corrected chi connectivity index (χ4v) is 4.71. The van der Waals surface area contributed by atoms with Gasteiger partial charge in [0.25, 0.3) is 0 Å². The molecule has 1 aliphatic rings. The zero-order valence-corrected chi connectivity index (χ0v) is 19.3. The number of aromatic nitrogens is 2. The number of piperidine rings is 1. The average Bonchev–Trinajstić information content (AvgIpc) is 2.92. The van der Waals surface area contributed by atoms with Crippen LogP contribution in [0.1, 0.15) is 18.4 Å². The molecule has 2 aromatic heterocycles. The third kappa shape index (κ3) is 4.57. The Morgan fingerprint density at radius 3 is 2.88 bits per heavy atom. The zero-order chi connectivity index (χ0) is 23.3. The fraction of sp³-hybridized carbons (Fsp3) is 0.250. The first-order valence-electron chi connectivity index (χ1n) is 11.7. The summed E-state index contributed by atoms with van der Waals surface area (Å²) in [4.78, 5) is 24.1. The van der Waals surface area contributed by atoms with Gasteiger partial charge in [0.2, 0.25) is 5.91 Å². The van der Waals surface area contributed by atoms with Gasteiger partial charge >= 0.3 is 0 Å². The largest absolute Gasteiger partial charge is 0.497 e. The Hall–Kier alpha value is -3.93. The zero-order valence-electron chi connectivity index (χ0n) is 19.3. The fourth-order valence-electron chi connectivity index (χ4n) is 4.71. The monoisotopic (exact) mass is 452 g/mol. The van der Waals surface area contributed by atoms with E-state index < -0.39 is 0 Å². The molecule has 0 saturated carbocycles. The Morgan fingerprint density at radius 1 is 1.09 bits per heavy atom. The van der Waals surface area contributed by atoms with Crippen LogP contribution in [0.2, 0.25) is 0 Å². The summed E-state index contributed by atoms with van der Waals surface area (Å²) >= 11 is 0. The van der Waals surface area contributed by atoms with Gasteiger partial charge in [0.1, 0.15) is 11.6 Å². The number of methoxy groups -OCH3 is 1. The summed E-state index contributed by atoms with van der Waals surface area (Å²) < 4.78 is 5.40. The van der Waals surface area contributed by atoms with Crippen molar-refractivity contribution in [1.29, 1.82) is 0 Å². The number of hydrogen-bond donors (Lipinski definition) is 1. The number of amides is 1. The van der Waals surface area contributed by atoms with Crippen LogP contribution in [0.4, 0.5) is 5.82 Å².